The van der Waals surface area contributed by atoms with E-state index >= 15 is 0 Å². The molecule has 0 aliphatic carbocycles. The number of benzene rings is 8. The molecule has 0 bridgehead atoms. The van der Waals surface area contributed by atoms with Gasteiger partial charge in [0.15, 0.2) is 0 Å². The molecule has 0 heterocycles. The van der Waals surface area contributed by atoms with Gasteiger partial charge in [0, 0.05) is 0 Å². The summed E-state index contributed by atoms with van der Waals surface area (Å²) in [7, 11) is -3.55. The Bertz CT molecular complexity index is 2040. The summed E-state index contributed by atoms with van der Waals surface area (Å²) in [5.41, 5.74) is 2.77. The molecule has 58 heavy (non-hydrogen) atoms. The summed E-state index contributed by atoms with van der Waals surface area (Å²) in [4.78, 5) is 0. The Hall–Kier alpha value is -5.78. The van der Waals surface area contributed by atoms with Gasteiger partial charge in [0.2, 0.25) is 0 Å². The number of hydrogen-bond donors (Lipinski definition) is 0. The van der Waals surface area contributed by atoms with E-state index in [1.165, 1.54) is 53.3 Å². The van der Waals surface area contributed by atoms with Crippen LogP contribution in [-0.4, -0.2) is 10.3 Å². The van der Waals surface area contributed by atoms with Gasteiger partial charge in [0.05, 0.1) is 12.3 Å². The maximum Gasteiger partial charge on any atom is 0.116 e. The molecule has 0 spiro atoms. The van der Waals surface area contributed by atoms with E-state index in [2.05, 4.69) is 267 Å². The van der Waals surface area contributed by atoms with Crippen molar-refractivity contribution in [3.05, 3.63) is 265 Å². The third-order valence-corrected chi connectivity index (χ3v) is 18.5. The van der Waals surface area contributed by atoms with Crippen LogP contribution in [-0.2, 0) is 12.3 Å². The van der Waals surface area contributed by atoms with Gasteiger partial charge in [0.1, 0.15) is 46.4 Å². The molecule has 0 saturated heterocycles. The highest BCUT2D eigenvalue weighted by Crippen LogP contribution is 2.59. The Morgan fingerprint density at radius 2 is 0.414 bits per heavy atom. The van der Waals surface area contributed by atoms with Crippen molar-refractivity contribution < 1.29 is 0 Å². The first kappa shape index (κ1) is 43.3. The Labute approximate surface area is 356 Å². The predicted octanol–water partition coefficient (Wildman–Crippen LogP) is 11.7. The third-order valence-electron chi connectivity index (χ3n) is 9.71. The largest absolute Gasteiger partial charge is 0.753 e. The molecule has 0 unspecified atom stereocenters. The van der Waals surface area contributed by atoms with Crippen LogP contribution in [0, 0.1) is 0 Å². The maximum absolute atomic E-state index is 7.13. The summed E-state index contributed by atoms with van der Waals surface area (Å²) < 4.78 is 0. The van der Waals surface area contributed by atoms with Crippen LogP contribution in [0.1, 0.15) is 11.1 Å². The second kappa shape index (κ2) is 23.5. The first-order valence-electron chi connectivity index (χ1n) is 18.8. The van der Waals surface area contributed by atoms with E-state index in [0.29, 0.717) is 0 Å². The molecule has 0 atom stereocenters. The lowest BCUT2D eigenvalue weighted by Gasteiger charge is -2.27. The molecular weight excluding hydrogens is 779 g/mol. The minimum Gasteiger partial charge on any atom is -0.753 e. The van der Waals surface area contributed by atoms with Crippen LogP contribution in [0.5, 0.6) is 0 Å². The van der Waals surface area contributed by atoms with E-state index in [4.69, 9.17) is 10.8 Å². The maximum atomic E-state index is 7.13. The lowest BCUT2D eigenvalue weighted by atomic mass is 10.2. The second-order valence-corrected chi connectivity index (χ2v) is 20.4. The third kappa shape index (κ3) is 11.2. The molecule has 0 aliphatic rings. The standard InChI is InChI=1S/2C25H22P.2CNS/c2*1-5-13-22(14-6-1)21-26(23-15-7-2-8-16-23,24-17-9-3-10-18-24)25-19-11-4-12-20-25;2*2-1-3/h2*1-20H,21H2;;/q2*+1;2*-1. The molecule has 0 fully saturated rings. The van der Waals surface area contributed by atoms with Crippen LogP contribution >= 0.6 is 39.0 Å². The van der Waals surface area contributed by atoms with Crippen molar-refractivity contribution in [2.24, 2.45) is 0 Å². The van der Waals surface area contributed by atoms with E-state index < -0.39 is 14.5 Å². The van der Waals surface area contributed by atoms with Gasteiger partial charge in [-0.2, -0.15) is 10.3 Å². The fourth-order valence-electron chi connectivity index (χ4n) is 7.25. The number of nitrogens with zero attached hydrogens (tertiary/aromatic N) is 2. The molecule has 0 radical (unpaired) electrons. The highest BCUT2D eigenvalue weighted by atomic mass is 32.1. The van der Waals surface area contributed by atoms with Gasteiger partial charge >= 0.3 is 0 Å². The van der Waals surface area contributed by atoms with Gasteiger partial charge in [-0.3, -0.25) is 0 Å². The Kier molecular flexibility index (Phi) is 17.5. The molecule has 0 aliphatic heterocycles. The van der Waals surface area contributed by atoms with Gasteiger partial charge in [-0.05, 0) is 83.9 Å². The van der Waals surface area contributed by atoms with Gasteiger partial charge in [-0.1, -0.05) is 194 Å². The summed E-state index contributed by atoms with van der Waals surface area (Å²) in [5.74, 6) is 0. The van der Waals surface area contributed by atoms with Gasteiger partial charge < -0.3 is 10.8 Å². The lowest BCUT2D eigenvalue weighted by molar-refractivity contribution is 1.39. The Balaban J connectivity index is 0.000000195. The number of hydrogen-bond acceptors (Lipinski definition) is 2. The van der Waals surface area contributed by atoms with Crippen molar-refractivity contribution in [2.75, 3.05) is 0 Å². The predicted molar refractivity (Wildman–Crippen MR) is 263 cm³/mol. The number of rotatable bonds is 10. The fourth-order valence-corrected chi connectivity index (χ4v) is 15.7. The second-order valence-electron chi connectivity index (χ2n) is 13.1. The van der Waals surface area contributed by atoms with Crippen molar-refractivity contribution in [2.45, 2.75) is 12.3 Å². The molecule has 0 aromatic heterocycles. The van der Waals surface area contributed by atoms with Crippen LogP contribution in [0.2, 0.25) is 0 Å². The monoisotopic (exact) mass is 822 g/mol. The summed E-state index contributed by atoms with van der Waals surface area (Å²) >= 11 is 7.40. The quantitative estimate of drug-likeness (QED) is 0.0783. The fraction of sp³-hybridized carbons (Fsp3) is 0.0385. The van der Waals surface area contributed by atoms with E-state index in [0.717, 1.165) is 12.3 Å². The molecule has 0 amide bonds. The average molecular weight is 823 g/mol. The molecule has 8 aromatic rings. The molecule has 2 nitrogen and oxygen atoms in total. The zero-order chi connectivity index (χ0) is 40.7. The zero-order valence-corrected chi connectivity index (χ0v) is 35.5. The Morgan fingerprint density at radius 1 is 0.276 bits per heavy atom. The molecule has 8 rings (SSSR count). The minimum atomic E-state index is -1.78. The van der Waals surface area contributed by atoms with Crippen molar-refractivity contribution in [1.82, 2.24) is 0 Å². The lowest BCUT2D eigenvalue weighted by Crippen LogP contribution is -2.32. The molecule has 0 N–H and O–H groups in total. The smallest absolute Gasteiger partial charge is 0.116 e. The molecule has 6 heteroatoms. The zero-order valence-electron chi connectivity index (χ0n) is 32.1. The highest BCUT2D eigenvalue weighted by Gasteiger charge is 2.46. The van der Waals surface area contributed by atoms with Crippen LogP contribution < -0.4 is 31.8 Å². The molecule has 284 valence electrons. The van der Waals surface area contributed by atoms with E-state index in [1.807, 2.05) is 0 Å². The van der Waals surface area contributed by atoms with Gasteiger partial charge in [-0.15, -0.1) is 0 Å². The van der Waals surface area contributed by atoms with Crippen LogP contribution in [0.25, 0.3) is 10.8 Å². The van der Waals surface area contributed by atoms with Crippen molar-refractivity contribution >= 4 is 81.1 Å². The van der Waals surface area contributed by atoms with Crippen molar-refractivity contribution in [3.8, 4) is 0 Å². The molecule has 0 saturated carbocycles. The van der Waals surface area contributed by atoms with Crippen LogP contribution in [0.3, 0.4) is 0 Å². The van der Waals surface area contributed by atoms with Gasteiger partial charge in [0.25, 0.3) is 0 Å². The van der Waals surface area contributed by atoms with Gasteiger partial charge in [-0.25, -0.2) is 0 Å². The first-order chi connectivity index (χ1) is 28.6. The summed E-state index contributed by atoms with van der Waals surface area (Å²) in [6.45, 7) is 0. The normalized spacial score (nSPS) is 10.3. The minimum absolute atomic E-state index is 1.03. The van der Waals surface area contributed by atoms with Crippen molar-refractivity contribution in [1.29, 1.82) is 0 Å². The number of thiocarbonyl (C=S) groups is 2. The molecule has 8 aromatic carbocycles. The topological polar surface area (TPSA) is 44.6 Å². The van der Waals surface area contributed by atoms with E-state index in [-0.39, 0.29) is 0 Å². The van der Waals surface area contributed by atoms with E-state index in [1.54, 1.807) is 0 Å². The summed E-state index contributed by atoms with van der Waals surface area (Å²) in [5, 5.41) is 25.5. The SMILES string of the molecule is [N-]=C=S.[N-]=C=S.c1ccc(C[P+](c2ccccc2)(c2ccccc2)c2ccccc2)cc1.c1ccc(C[P+](c2ccccc2)(c2ccccc2)c2ccccc2)cc1. The van der Waals surface area contributed by atoms with Crippen molar-refractivity contribution in [3.63, 3.8) is 0 Å². The highest BCUT2D eigenvalue weighted by molar-refractivity contribution is 7.95. The average Bonchev–Trinajstić information content (AvgIpc) is 3.31. The first-order valence-corrected chi connectivity index (χ1v) is 23.6. The van der Waals surface area contributed by atoms with Crippen LogP contribution in [0.4, 0.5) is 0 Å². The summed E-state index contributed by atoms with van der Waals surface area (Å²) in [6.07, 6.45) is 2.07. The van der Waals surface area contributed by atoms with E-state index in [9.17, 15) is 0 Å². The number of isothiocyanates is 2. The van der Waals surface area contributed by atoms with Crippen LogP contribution in [0.15, 0.2) is 243 Å². The Morgan fingerprint density at radius 3 is 0.569 bits per heavy atom. The molecular formula is C52H44N2P2S2. The summed E-state index contributed by atoms with van der Waals surface area (Å²) in [6, 6.07) is 88.1.